The fourth-order valence-electron chi connectivity index (χ4n) is 1.79. The second kappa shape index (κ2) is 7.37. The zero-order valence-electron chi connectivity index (χ0n) is 11.7. The largest absolute Gasteiger partial charge is 0.494 e. The monoisotopic (exact) mass is 234 g/mol. The summed E-state index contributed by atoms with van der Waals surface area (Å²) in [5, 5.41) is 0. The lowest BCUT2D eigenvalue weighted by atomic mass is 9.90. The first-order valence-electron chi connectivity index (χ1n) is 6.88. The Labute approximate surface area is 106 Å². The van der Waals surface area contributed by atoms with Crippen LogP contribution in [0.2, 0.25) is 0 Å². The maximum Gasteiger partial charge on any atom is 0.119 e. The lowest BCUT2D eigenvalue weighted by molar-refractivity contribution is 0.306. The molecule has 0 N–H and O–H groups in total. The van der Waals surface area contributed by atoms with Gasteiger partial charge in [-0.15, -0.1) is 0 Å². The fourth-order valence-corrected chi connectivity index (χ4v) is 1.79. The minimum absolute atomic E-state index is 0.615. The van der Waals surface area contributed by atoms with Gasteiger partial charge in [-0.2, -0.15) is 0 Å². The Bertz CT molecular complexity index is 300. The lowest BCUT2D eigenvalue weighted by Gasteiger charge is -2.16. The van der Waals surface area contributed by atoms with E-state index in [-0.39, 0.29) is 0 Å². The summed E-state index contributed by atoms with van der Waals surface area (Å²) >= 11 is 0. The predicted molar refractivity (Wildman–Crippen MR) is 74.7 cm³/mol. The summed E-state index contributed by atoms with van der Waals surface area (Å²) in [7, 11) is 0. The zero-order valence-corrected chi connectivity index (χ0v) is 11.7. The molecule has 0 heterocycles. The molecule has 0 fully saturated rings. The van der Waals surface area contributed by atoms with Crippen LogP contribution >= 0.6 is 0 Å². The van der Waals surface area contributed by atoms with Crippen molar-refractivity contribution in [2.75, 3.05) is 6.61 Å². The molecule has 1 rings (SSSR count). The first kappa shape index (κ1) is 14.1. The van der Waals surface area contributed by atoms with Crippen molar-refractivity contribution in [3.8, 4) is 5.75 Å². The van der Waals surface area contributed by atoms with Crippen molar-refractivity contribution in [3.63, 3.8) is 0 Å². The molecule has 0 aliphatic rings. The summed E-state index contributed by atoms with van der Waals surface area (Å²) in [4.78, 5) is 0. The minimum atomic E-state index is 0.615. The summed E-state index contributed by atoms with van der Waals surface area (Å²) in [5.41, 5.74) is 1.40. The van der Waals surface area contributed by atoms with Gasteiger partial charge in [-0.3, -0.25) is 0 Å². The Morgan fingerprint density at radius 2 is 1.65 bits per heavy atom. The van der Waals surface area contributed by atoms with Gasteiger partial charge in [0.15, 0.2) is 0 Å². The standard InChI is InChI=1S/C16H26O/c1-5-6-7-12-17-16-10-8-15(9-11-16)14(4)13(2)3/h8-11,13-14H,5-7,12H2,1-4H3. The number of hydrogen-bond acceptors (Lipinski definition) is 1. The first-order chi connectivity index (χ1) is 8.15. The highest BCUT2D eigenvalue weighted by Gasteiger charge is 2.09. The Kier molecular flexibility index (Phi) is 6.10. The number of benzene rings is 1. The topological polar surface area (TPSA) is 9.23 Å². The molecule has 0 amide bonds. The molecule has 0 aliphatic heterocycles. The van der Waals surface area contributed by atoms with Crippen molar-refractivity contribution in [3.05, 3.63) is 29.8 Å². The third kappa shape index (κ3) is 4.80. The van der Waals surface area contributed by atoms with Crippen LogP contribution in [-0.4, -0.2) is 6.61 Å². The zero-order chi connectivity index (χ0) is 12.7. The average molecular weight is 234 g/mol. The van der Waals surface area contributed by atoms with E-state index in [1.54, 1.807) is 0 Å². The van der Waals surface area contributed by atoms with E-state index in [0.717, 1.165) is 18.8 Å². The third-order valence-electron chi connectivity index (χ3n) is 3.42. The van der Waals surface area contributed by atoms with E-state index in [1.165, 1.54) is 18.4 Å². The van der Waals surface area contributed by atoms with Gasteiger partial charge in [-0.05, 0) is 36.0 Å². The molecule has 1 atom stereocenters. The molecule has 1 nitrogen and oxygen atoms in total. The van der Waals surface area contributed by atoms with E-state index in [2.05, 4.69) is 52.0 Å². The molecule has 0 bridgehead atoms. The van der Waals surface area contributed by atoms with Crippen LogP contribution in [-0.2, 0) is 0 Å². The first-order valence-corrected chi connectivity index (χ1v) is 6.88. The normalized spacial score (nSPS) is 12.8. The molecule has 17 heavy (non-hydrogen) atoms. The van der Waals surface area contributed by atoms with Gasteiger partial charge in [0.05, 0.1) is 6.61 Å². The molecule has 0 aliphatic carbocycles. The van der Waals surface area contributed by atoms with Gasteiger partial charge in [-0.1, -0.05) is 52.7 Å². The summed E-state index contributed by atoms with van der Waals surface area (Å²) in [6, 6.07) is 8.58. The molecule has 0 radical (unpaired) electrons. The van der Waals surface area contributed by atoms with Crippen LogP contribution < -0.4 is 4.74 Å². The van der Waals surface area contributed by atoms with Crippen molar-refractivity contribution >= 4 is 0 Å². The predicted octanol–water partition coefficient (Wildman–Crippen LogP) is 5.02. The molecule has 96 valence electrons. The van der Waals surface area contributed by atoms with Crippen LogP contribution in [0, 0.1) is 5.92 Å². The van der Waals surface area contributed by atoms with Crippen LogP contribution in [0.25, 0.3) is 0 Å². The maximum absolute atomic E-state index is 5.70. The van der Waals surface area contributed by atoms with Gasteiger partial charge in [0, 0.05) is 0 Å². The molecule has 1 unspecified atom stereocenters. The highest BCUT2D eigenvalue weighted by molar-refractivity contribution is 5.29. The van der Waals surface area contributed by atoms with Crippen molar-refractivity contribution in [1.29, 1.82) is 0 Å². The van der Waals surface area contributed by atoms with Crippen LogP contribution in [0.3, 0.4) is 0 Å². The number of hydrogen-bond donors (Lipinski definition) is 0. The second-order valence-corrected chi connectivity index (χ2v) is 5.16. The second-order valence-electron chi connectivity index (χ2n) is 5.16. The molecule has 0 aromatic heterocycles. The smallest absolute Gasteiger partial charge is 0.119 e. The van der Waals surface area contributed by atoms with Gasteiger partial charge in [0.1, 0.15) is 5.75 Å². The van der Waals surface area contributed by atoms with E-state index in [0.29, 0.717) is 11.8 Å². The lowest BCUT2D eigenvalue weighted by Crippen LogP contribution is -2.02. The summed E-state index contributed by atoms with van der Waals surface area (Å²) in [6.07, 6.45) is 3.65. The van der Waals surface area contributed by atoms with Crippen LogP contribution in [0.4, 0.5) is 0 Å². The van der Waals surface area contributed by atoms with E-state index >= 15 is 0 Å². The molecular formula is C16H26O. The Balaban J connectivity index is 2.44. The Hall–Kier alpha value is -0.980. The van der Waals surface area contributed by atoms with Crippen molar-refractivity contribution < 1.29 is 4.74 Å². The minimum Gasteiger partial charge on any atom is -0.494 e. The van der Waals surface area contributed by atoms with Gasteiger partial charge in [0.25, 0.3) is 0 Å². The van der Waals surface area contributed by atoms with Gasteiger partial charge in [-0.25, -0.2) is 0 Å². The van der Waals surface area contributed by atoms with Gasteiger partial charge >= 0.3 is 0 Å². The van der Waals surface area contributed by atoms with E-state index < -0.39 is 0 Å². The van der Waals surface area contributed by atoms with E-state index in [4.69, 9.17) is 4.74 Å². The highest BCUT2D eigenvalue weighted by Crippen LogP contribution is 2.25. The summed E-state index contributed by atoms with van der Waals surface area (Å²) in [6.45, 7) is 9.86. The third-order valence-corrected chi connectivity index (χ3v) is 3.42. The van der Waals surface area contributed by atoms with Crippen molar-refractivity contribution in [1.82, 2.24) is 0 Å². The average Bonchev–Trinajstić information content (AvgIpc) is 2.34. The number of unbranched alkanes of at least 4 members (excludes halogenated alkanes) is 2. The molecule has 1 heteroatoms. The van der Waals surface area contributed by atoms with E-state index in [1.807, 2.05) is 0 Å². The van der Waals surface area contributed by atoms with Crippen LogP contribution in [0.5, 0.6) is 5.75 Å². The molecular weight excluding hydrogens is 208 g/mol. The molecule has 0 saturated carbocycles. The quantitative estimate of drug-likeness (QED) is 0.602. The fraction of sp³-hybridized carbons (Fsp3) is 0.625. The Morgan fingerprint density at radius 1 is 1.00 bits per heavy atom. The van der Waals surface area contributed by atoms with E-state index in [9.17, 15) is 0 Å². The highest BCUT2D eigenvalue weighted by atomic mass is 16.5. The van der Waals surface area contributed by atoms with Crippen molar-refractivity contribution in [2.45, 2.75) is 52.9 Å². The number of ether oxygens (including phenoxy) is 1. The van der Waals surface area contributed by atoms with Gasteiger partial charge in [0.2, 0.25) is 0 Å². The molecule has 1 aromatic carbocycles. The molecule has 0 saturated heterocycles. The molecule has 0 spiro atoms. The summed E-state index contributed by atoms with van der Waals surface area (Å²) in [5.74, 6) is 2.30. The molecule has 1 aromatic rings. The summed E-state index contributed by atoms with van der Waals surface area (Å²) < 4.78 is 5.70. The van der Waals surface area contributed by atoms with Gasteiger partial charge < -0.3 is 4.74 Å². The van der Waals surface area contributed by atoms with Crippen LogP contribution in [0.1, 0.15) is 58.4 Å². The Morgan fingerprint density at radius 3 is 2.18 bits per heavy atom. The SMILES string of the molecule is CCCCCOc1ccc(C(C)C(C)C)cc1. The maximum atomic E-state index is 5.70. The van der Waals surface area contributed by atoms with Crippen molar-refractivity contribution in [2.24, 2.45) is 5.92 Å². The number of rotatable bonds is 7. The van der Waals surface area contributed by atoms with Crippen LogP contribution in [0.15, 0.2) is 24.3 Å².